The van der Waals surface area contributed by atoms with Crippen molar-refractivity contribution in [3.05, 3.63) is 42.1 Å². The summed E-state index contributed by atoms with van der Waals surface area (Å²) in [5.41, 5.74) is 0.548. The molecule has 0 aliphatic carbocycles. The molecule has 19 heavy (non-hydrogen) atoms. The minimum Gasteiger partial charge on any atom is -0.469 e. The third-order valence-corrected chi connectivity index (χ3v) is 4.23. The Labute approximate surface area is 111 Å². The molecule has 0 aliphatic rings. The average molecular weight is 284 g/mol. The zero-order valence-corrected chi connectivity index (χ0v) is 11.4. The van der Waals surface area contributed by atoms with Crippen molar-refractivity contribution in [2.45, 2.75) is 17.9 Å². The molecule has 0 radical (unpaired) electrons. The van der Waals surface area contributed by atoms with Crippen molar-refractivity contribution in [3.8, 4) is 0 Å². The fourth-order valence-electron chi connectivity index (χ4n) is 1.73. The Morgan fingerprint density at radius 1 is 1.47 bits per heavy atom. The topological polar surface area (TPSA) is 84.5 Å². The molecule has 2 aromatic rings. The maximum atomic E-state index is 12.0. The maximum Gasteiger partial charge on any atom is 0.242 e. The van der Waals surface area contributed by atoms with E-state index in [0.29, 0.717) is 12.1 Å². The summed E-state index contributed by atoms with van der Waals surface area (Å²) in [5.74, 6) is 0.729. The normalized spacial score (nSPS) is 11.9. The molecule has 6 nitrogen and oxygen atoms in total. The lowest BCUT2D eigenvalue weighted by atomic mass is 10.3. The van der Waals surface area contributed by atoms with Crippen molar-refractivity contribution in [2.75, 3.05) is 6.54 Å². The van der Waals surface area contributed by atoms with Crippen LogP contribution in [0.3, 0.4) is 0 Å². The van der Waals surface area contributed by atoms with Crippen LogP contribution in [0.15, 0.2) is 40.0 Å². The van der Waals surface area contributed by atoms with Gasteiger partial charge in [-0.2, -0.15) is 0 Å². The zero-order chi connectivity index (χ0) is 13.9. The Bertz CT molecular complexity index is 629. The second-order valence-corrected chi connectivity index (χ2v) is 5.93. The summed E-state index contributed by atoms with van der Waals surface area (Å²) in [6.45, 7) is 0.0671. The van der Waals surface area contributed by atoms with Crippen LogP contribution >= 0.6 is 0 Å². The van der Waals surface area contributed by atoms with E-state index in [2.05, 4.69) is 4.72 Å². The van der Waals surface area contributed by atoms with Gasteiger partial charge >= 0.3 is 0 Å². The number of aliphatic hydroxyl groups excluding tert-OH is 1. The van der Waals surface area contributed by atoms with E-state index in [1.807, 2.05) is 0 Å². The Balaban J connectivity index is 2.01. The molecule has 0 atom stereocenters. The number of rotatable bonds is 6. The highest BCUT2D eigenvalue weighted by Gasteiger charge is 2.16. The van der Waals surface area contributed by atoms with Gasteiger partial charge in [-0.1, -0.05) is 0 Å². The van der Waals surface area contributed by atoms with Gasteiger partial charge in [0.25, 0.3) is 0 Å². The van der Waals surface area contributed by atoms with E-state index in [1.165, 1.54) is 12.3 Å². The number of hydrogen-bond acceptors (Lipinski definition) is 4. The van der Waals surface area contributed by atoms with Crippen LogP contribution in [-0.4, -0.2) is 24.6 Å². The van der Waals surface area contributed by atoms with E-state index < -0.39 is 10.0 Å². The minimum absolute atomic E-state index is 0.151. The lowest BCUT2D eigenvalue weighted by Crippen LogP contribution is -2.25. The van der Waals surface area contributed by atoms with Crippen molar-refractivity contribution in [2.24, 2.45) is 7.05 Å². The van der Waals surface area contributed by atoms with E-state index in [0.717, 1.165) is 5.76 Å². The second kappa shape index (κ2) is 5.60. The van der Waals surface area contributed by atoms with Crippen LogP contribution < -0.4 is 4.72 Å². The third kappa shape index (κ3) is 3.25. The first-order chi connectivity index (χ1) is 9.03. The smallest absolute Gasteiger partial charge is 0.242 e. The van der Waals surface area contributed by atoms with Gasteiger partial charge in [0.2, 0.25) is 10.0 Å². The summed E-state index contributed by atoms with van der Waals surface area (Å²) in [7, 11) is -1.86. The molecule has 0 saturated carbocycles. The Hall–Kier alpha value is -1.57. The van der Waals surface area contributed by atoms with Crippen molar-refractivity contribution >= 4 is 10.0 Å². The molecule has 0 unspecified atom stereocenters. The SMILES string of the molecule is Cn1cc(S(=O)(=O)NCCc2ccco2)cc1CO. The average Bonchev–Trinajstić information content (AvgIpc) is 2.98. The van der Waals surface area contributed by atoms with Crippen LogP contribution in [0.2, 0.25) is 0 Å². The van der Waals surface area contributed by atoms with Crippen molar-refractivity contribution in [3.63, 3.8) is 0 Å². The summed E-state index contributed by atoms with van der Waals surface area (Å²) in [5, 5.41) is 9.05. The molecule has 0 aliphatic heterocycles. The van der Waals surface area contributed by atoms with Crippen LogP contribution in [0.5, 0.6) is 0 Å². The van der Waals surface area contributed by atoms with Gasteiger partial charge < -0.3 is 14.1 Å². The second-order valence-electron chi connectivity index (χ2n) is 4.16. The molecular weight excluding hydrogens is 268 g/mol. The molecule has 2 N–H and O–H groups in total. The number of aryl methyl sites for hydroxylation is 1. The number of aromatic nitrogens is 1. The number of nitrogens with one attached hydrogen (secondary N) is 1. The number of furan rings is 1. The highest BCUT2D eigenvalue weighted by Crippen LogP contribution is 2.13. The molecule has 0 fully saturated rings. The van der Waals surface area contributed by atoms with E-state index in [4.69, 9.17) is 9.52 Å². The van der Waals surface area contributed by atoms with Crippen LogP contribution in [0.4, 0.5) is 0 Å². The number of nitrogens with zero attached hydrogens (tertiary/aromatic N) is 1. The predicted octanol–water partition coefficient (Wildman–Crippen LogP) is 0.631. The fraction of sp³-hybridized carbons (Fsp3) is 0.333. The van der Waals surface area contributed by atoms with Gasteiger partial charge in [-0.15, -0.1) is 0 Å². The van der Waals surface area contributed by atoms with Crippen molar-refractivity contribution < 1.29 is 17.9 Å². The van der Waals surface area contributed by atoms with Crippen LogP contribution in [0.25, 0.3) is 0 Å². The Kier molecular flexibility index (Phi) is 4.08. The van der Waals surface area contributed by atoms with Gasteiger partial charge in [0.05, 0.1) is 17.8 Å². The van der Waals surface area contributed by atoms with E-state index >= 15 is 0 Å². The van der Waals surface area contributed by atoms with Crippen molar-refractivity contribution in [1.29, 1.82) is 0 Å². The van der Waals surface area contributed by atoms with E-state index in [9.17, 15) is 8.42 Å². The zero-order valence-electron chi connectivity index (χ0n) is 10.5. The highest BCUT2D eigenvalue weighted by molar-refractivity contribution is 7.89. The van der Waals surface area contributed by atoms with Gasteiger partial charge in [0.15, 0.2) is 0 Å². The van der Waals surface area contributed by atoms with Crippen LogP contribution in [0.1, 0.15) is 11.5 Å². The molecule has 0 bridgehead atoms. The molecule has 7 heteroatoms. The summed E-state index contributed by atoms with van der Waals surface area (Å²) in [6.07, 6.45) is 3.52. The van der Waals surface area contributed by atoms with Gasteiger partial charge in [-0.25, -0.2) is 13.1 Å². The standard InChI is InChI=1S/C12H16N2O4S/c1-14-8-12(7-10(14)9-15)19(16,17)13-5-4-11-3-2-6-18-11/h2-3,6-8,13,15H,4-5,9H2,1H3. The molecule has 2 heterocycles. The molecule has 0 spiro atoms. The predicted molar refractivity (Wildman–Crippen MR) is 68.9 cm³/mol. The first-order valence-corrected chi connectivity index (χ1v) is 7.29. The Morgan fingerprint density at radius 3 is 2.84 bits per heavy atom. The van der Waals surface area contributed by atoms with Crippen LogP contribution in [-0.2, 0) is 30.1 Å². The molecule has 0 saturated heterocycles. The first-order valence-electron chi connectivity index (χ1n) is 5.81. The fourth-order valence-corrected chi connectivity index (χ4v) is 2.85. The molecule has 0 aromatic carbocycles. The van der Waals surface area contributed by atoms with Crippen molar-refractivity contribution in [1.82, 2.24) is 9.29 Å². The maximum absolute atomic E-state index is 12.0. The third-order valence-electron chi connectivity index (χ3n) is 2.80. The monoisotopic (exact) mass is 284 g/mol. The molecule has 0 amide bonds. The number of sulfonamides is 1. The molecular formula is C12H16N2O4S. The van der Waals surface area contributed by atoms with Gasteiger partial charge in [-0.3, -0.25) is 0 Å². The largest absolute Gasteiger partial charge is 0.469 e. The van der Waals surface area contributed by atoms with Crippen LogP contribution in [0, 0.1) is 0 Å². The summed E-state index contributed by atoms with van der Waals surface area (Å²) in [6, 6.07) is 5.00. The summed E-state index contributed by atoms with van der Waals surface area (Å²) >= 11 is 0. The number of aliphatic hydroxyl groups is 1. The molecule has 2 rings (SSSR count). The lowest BCUT2D eigenvalue weighted by molar-refractivity contribution is 0.272. The van der Waals surface area contributed by atoms with E-state index in [-0.39, 0.29) is 18.0 Å². The van der Waals surface area contributed by atoms with Gasteiger partial charge in [-0.05, 0) is 18.2 Å². The number of hydrogen-bond donors (Lipinski definition) is 2. The Morgan fingerprint density at radius 2 is 2.26 bits per heavy atom. The summed E-state index contributed by atoms with van der Waals surface area (Å²) < 4.78 is 33.2. The summed E-state index contributed by atoms with van der Waals surface area (Å²) in [4.78, 5) is 0.151. The van der Waals surface area contributed by atoms with E-state index in [1.54, 1.807) is 30.0 Å². The first kappa shape index (κ1) is 13.9. The lowest BCUT2D eigenvalue weighted by Gasteiger charge is -2.03. The van der Waals surface area contributed by atoms with Gasteiger partial charge in [0.1, 0.15) is 5.76 Å². The highest BCUT2D eigenvalue weighted by atomic mass is 32.2. The minimum atomic E-state index is -3.55. The quantitative estimate of drug-likeness (QED) is 0.815. The molecule has 2 aromatic heterocycles. The molecule has 104 valence electrons. The van der Waals surface area contributed by atoms with Gasteiger partial charge in [0, 0.05) is 31.9 Å².